The molecule has 1 fully saturated rings. The molecule has 3 rings (SSSR count). The maximum Gasteiger partial charge on any atom is 0.220 e. The van der Waals surface area contributed by atoms with Gasteiger partial charge in [0, 0.05) is 30.7 Å². The molecule has 0 radical (unpaired) electrons. The number of nitrogens with zero attached hydrogens (tertiary/aromatic N) is 3. The molecule has 192 valence electrons. The van der Waals surface area contributed by atoms with Gasteiger partial charge in [0.2, 0.25) is 5.91 Å². The van der Waals surface area contributed by atoms with Crippen molar-refractivity contribution in [3.63, 3.8) is 0 Å². The molecule has 0 aliphatic carbocycles. The SMILES string of the molecule is CC(C)(CNC(=O)CCCN)SSCO[C@@H]1C[C@H](n2cnc3c2NC(N)=NC3O)OC1CCO. The Morgan fingerprint density at radius 3 is 3.03 bits per heavy atom. The summed E-state index contributed by atoms with van der Waals surface area (Å²) in [5, 5.41) is 25.4. The number of nitrogens with two attached hydrogens (primary N) is 2. The minimum absolute atomic E-state index is 0.0121. The van der Waals surface area contributed by atoms with E-state index in [9.17, 15) is 15.0 Å². The molecule has 14 heteroatoms. The molecular weight excluding hydrogens is 482 g/mol. The Labute approximate surface area is 207 Å². The number of aromatic nitrogens is 2. The van der Waals surface area contributed by atoms with Crippen molar-refractivity contribution in [3.05, 3.63) is 12.0 Å². The van der Waals surface area contributed by atoms with E-state index in [1.54, 1.807) is 32.5 Å². The van der Waals surface area contributed by atoms with E-state index in [1.165, 1.54) is 0 Å². The van der Waals surface area contributed by atoms with E-state index < -0.39 is 6.23 Å². The first-order valence-electron chi connectivity index (χ1n) is 11.2. The molecule has 0 spiro atoms. The maximum absolute atomic E-state index is 11.8. The van der Waals surface area contributed by atoms with E-state index in [1.807, 2.05) is 0 Å². The minimum Gasteiger partial charge on any atom is -0.396 e. The Morgan fingerprint density at radius 1 is 1.50 bits per heavy atom. The number of hydrogen-bond acceptors (Lipinski definition) is 12. The summed E-state index contributed by atoms with van der Waals surface area (Å²) in [6, 6.07) is 0. The summed E-state index contributed by atoms with van der Waals surface area (Å²) in [4.78, 5) is 19.9. The molecule has 0 saturated carbocycles. The van der Waals surface area contributed by atoms with E-state index in [2.05, 4.69) is 34.5 Å². The first-order valence-corrected chi connectivity index (χ1v) is 13.6. The van der Waals surface area contributed by atoms with Gasteiger partial charge in [0.15, 0.2) is 12.2 Å². The van der Waals surface area contributed by atoms with E-state index >= 15 is 0 Å². The molecule has 2 aliphatic rings. The number of aliphatic hydroxyl groups is 2. The highest BCUT2D eigenvalue weighted by molar-refractivity contribution is 8.77. The van der Waals surface area contributed by atoms with Crippen LogP contribution >= 0.6 is 21.6 Å². The van der Waals surface area contributed by atoms with Crippen molar-refractivity contribution in [2.24, 2.45) is 16.5 Å². The molecule has 12 nitrogen and oxygen atoms in total. The highest BCUT2D eigenvalue weighted by Gasteiger charge is 2.39. The highest BCUT2D eigenvalue weighted by atomic mass is 33.1. The number of fused-ring (bicyclic) bond motifs is 1. The highest BCUT2D eigenvalue weighted by Crippen LogP contribution is 2.39. The van der Waals surface area contributed by atoms with Gasteiger partial charge < -0.3 is 41.8 Å². The first kappa shape index (κ1) is 27.0. The second-order valence-corrected chi connectivity index (χ2v) is 11.7. The van der Waals surface area contributed by atoms with E-state index in [0.29, 0.717) is 56.2 Å². The Morgan fingerprint density at radius 2 is 2.29 bits per heavy atom. The largest absolute Gasteiger partial charge is 0.396 e. The van der Waals surface area contributed by atoms with Crippen LogP contribution < -0.4 is 22.1 Å². The monoisotopic (exact) mass is 517 g/mol. The van der Waals surface area contributed by atoms with Crippen LogP contribution in [-0.4, -0.2) is 74.2 Å². The standard InChI is InChI=1S/C20H35N7O5S2/c1-20(2,9-23-14(29)4-3-6-21)34-33-11-31-13-8-15(32-12(13)5-7-28)27-10-24-16-17(27)25-19(22)26-18(16)30/h10,12-13,15,18,28,30H,3-9,11,21H2,1-2H3,(H,23,29)(H3,22,25,26)/t12?,13-,15-,18?/m1/s1. The smallest absolute Gasteiger partial charge is 0.220 e. The number of carbonyl (C=O) groups excluding carboxylic acids is 1. The summed E-state index contributed by atoms with van der Waals surface area (Å²) in [6.45, 7) is 5.17. The first-order chi connectivity index (χ1) is 16.2. The van der Waals surface area contributed by atoms with Crippen molar-refractivity contribution in [2.45, 2.75) is 68.9 Å². The normalized spacial score (nSPS) is 24.4. The zero-order chi connectivity index (χ0) is 24.7. The van der Waals surface area contributed by atoms with Crippen molar-refractivity contribution < 1.29 is 24.5 Å². The van der Waals surface area contributed by atoms with Crippen LogP contribution in [0, 0.1) is 0 Å². The van der Waals surface area contributed by atoms with Crippen LogP contribution in [0.4, 0.5) is 5.82 Å². The molecule has 3 heterocycles. The van der Waals surface area contributed by atoms with Crippen molar-refractivity contribution in [1.82, 2.24) is 14.9 Å². The lowest BCUT2D eigenvalue weighted by atomic mass is 10.1. The summed E-state index contributed by atoms with van der Waals surface area (Å²) in [5.74, 6) is 1.08. The molecule has 1 aromatic heterocycles. The lowest BCUT2D eigenvalue weighted by molar-refractivity contribution is -0.121. The van der Waals surface area contributed by atoms with E-state index in [0.717, 1.165) is 0 Å². The van der Waals surface area contributed by atoms with Gasteiger partial charge in [-0.05, 0) is 33.2 Å². The Hall–Kier alpha value is -1.55. The summed E-state index contributed by atoms with van der Waals surface area (Å²) in [5.41, 5.74) is 11.6. The maximum atomic E-state index is 11.8. The third kappa shape index (κ3) is 7.23. The number of guanidine groups is 1. The summed E-state index contributed by atoms with van der Waals surface area (Å²) < 4.78 is 13.9. The van der Waals surface area contributed by atoms with Gasteiger partial charge in [0.05, 0.1) is 18.5 Å². The predicted molar refractivity (Wildman–Crippen MR) is 133 cm³/mol. The summed E-state index contributed by atoms with van der Waals surface area (Å²) in [6.07, 6.45) is 1.67. The minimum atomic E-state index is -1.12. The number of anilines is 1. The van der Waals surface area contributed by atoms with Gasteiger partial charge in [-0.25, -0.2) is 9.98 Å². The zero-order valence-corrected chi connectivity index (χ0v) is 21.1. The van der Waals surface area contributed by atoms with Crippen LogP contribution in [-0.2, 0) is 14.3 Å². The third-order valence-corrected chi connectivity index (χ3v) is 8.35. The molecule has 8 N–H and O–H groups in total. The van der Waals surface area contributed by atoms with E-state index in [4.69, 9.17) is 20.9 Å². The molecule has 1 aromatic rings. The fourth-order valence-electron chi connectivity index (χ4n) is 3.68. The number of hydrogen-bond donors (Lipinski definition) is 6. The number of aliphatic hydroxyl groups excluding tert-OH is 2. The van der Waals surface area contributed by atoms with Gasteiger partial charge in [-0.1, -0.05) is 21.6 Å². The molecule has 2 aliphatic heterocycles. The topological polar surface area (TPSA) is 182 Å². The fraction of sp³-hybridized carbons (Fsp3) is 0.750. The van der Waals surface area contributed by atoms with Crippen LogP contribution in [0.5, 0.6) is 0 Å². The lowest BCUT2D eigenvalue weighted by Crippen LogP contribution is -2.36. The van der Waals surface area contributed by atoms with Crippen molar-refractivity contribution >= 4 is 39.3 Å². The second-order valence-electron chi connectivity index (χ2n) is 8.73. The number of imidazole rings is 1. The number of rotatable bonds is 13. The van der Waals surface area contributed by atoms with Gasteiger partial charge in [0.1, 0.15) is 23.7 Å². The van der Waals surface area contributed by atoms with Crippen LogP contribution in [0.25, 0.3) is 0 Å². The Kier molecular flexibility index (Phi) is 9.88. The van der Waals surface area contributed by atoms with Crippen LogP contribution in [0.3, 0.4) is 0 Å². The third-order valence-electron chi connectivity index (χ3n) is 5.41. The Bertz CT molecular complexity index is 853. The van der Waals surface area contributed by atoms with Crippen LogP contribution in [0.1, 0.15) is 57.7 Å². The average Bonchev–Trinajstić information content (AvgIpc) is 3.38. The molecule has 4 atom stereocenters. The molecule has 2 unspecified atom stereocenters. The quantitative estimate of drug-likeness (QED) is 0.123. The summed E-state index contributed by atoms with van der Waals surface area (Å²) >= 11 is 0. The van der Waals surface area contributed by atoms with Gasteiger partial charge >= 0.3 is 0 Å². The van der Waals surface area contributed by atoms with Crippen molar-refractivity contribution in [2.75, 3.05) is 31.0 Å². The van der Waals surface area contributed by atoms with Crippen molar-refractivity contribution in [1.29, 1.82) is 0 Å². The Balaban J connectivity index is 1.49. The summed E-state index contributed by atoms with van der Waals surface area (Å²) in [7, 11) is 3.21. The van der Waals surface area contributed by atoms with Gasteiger partial charge in [-0.3, -0.25) is 9.36 Å². The zero-order valence-electron chi connectivity index (χ0n) is 19.5. The molecule has 1 amide bonds. The number of amides is 1. The molecule has 1 saturated heterocycles. The van der Waals surface area contributed by atoms with Gasteiger partial charge in [0.25, 0.3) is 0 Å². The van der Waals surface area contributed by atoms with Gasteiger partial charge in [-0.2, -0.15) is 0 Å². The van der Waals surface area contributed by atoms with Crippen molar-refractivity contribution in [3.8, 4) is 0 Å². The molecule has 34 heavy (non-hydrogen) atoms. The molecule has 0 aromatic carbocycles. The van der Waals surface area contributed by atoms with E-state index in [-0.39, 0.29) is 41.7 Å². The average molecular weight is 518 g/mol. The second kappa shape index (κ2) is 12.4. The number of carbonyl (C=O) groups is 1. The predicted octanol–water partition coefficient (Wildman–Crippen LogP) is 0.642. The van der Waals surface area contributed by atoms with Gasteiger partial charge in [-0.15, -0.1) is 0 Å². The fourth-order valence-corrected chi connectivity index (χ4v) is 5.85. The lowest BCUT2D eigenvalue weighted by Gasteiger charge is -2.24. The molecule has 0 bridgehead atoms. The van der Waals surface area contributed by atoms with Crippen LogP contribution in [0.2, 0.25) is 0 Å². The number of aliphatic imine (C=N–C) groups is 1. The number of nitrogens with one attached hydrogen (secondary N) is 2. The van der Waals surface area contributed by atoms with Crippen LogP contribution in [0.15, 0.2) is 11.3 Å². The molecular formula is C20H35N7O5S2. The number of ether oxygens (including phenoxy) is 2.